The molecule has 5 rings (SSSR count). The molecule has 1 saturated carbocycles. The van der Waals surface area contributed by atoms with Crippen molar-refractivity contribution in [2.75, 3.05) is 11.9 Å². The van der Waals surface area contributed by atoms with Crippen LogP contribution in [0.15, 0.2) is 35.1 Å². The van der Waals surface area contributed by atoms with Crippen LogP contribution in [0.1, 0.15) is 55.2 Å². The van der Waals surface area contributed by atoms with Gasteiger partial charge in [-0.2, -0.15) is 0 Å². The predicted molar refractivity (Wildman–Crippen MR) is 123 cm³/mol. The Bertz CT molecular complexity index is 1200. The molecule has 166 valence electrons. The number of anilines is 1. The van der Waals surface area contributed by atoms with Gasteiger partial charge in [0, 0.05) is 12.6 Å². The van der Waals surface area contributed by atoms with Gasteiger partial charge in [-0.15, -0.1) is 0 Å². The number of aromatic nitrogens is 5. The molecule has 0 spiro atoms. The van der Waals surface area contributed by atoms with Crippen LogP contribution in [0.25, 0.3) is 22.6 Å². The summed E-state index contributed by atoms with van der Waals surface area (Å²) in [6.45, 7) is 4.49. The van der Waals surface area contributed by atoms with Gasteiger partial charge in [0.15, 0.2) is 17.3 Å². The van der Waals surface area contributed by atoms with E-state index in [0.717, 1.165) is 53.1 Å². The summed E-state index contributed by atoms with van der Waals surface area (Å²) in [7, 11) is 0. The number of fused-ring (bicyclic) bond motifs is 1. The molecule has 0 amide bonds. The van der Waals surface area contributed by atoms with Gasteiger partial charge in [-0.25, -0.2) is 15.0 Å². The molecule has 8 nitrogen and oxygen atoms in total. The average molecular weight is 433 g/mol. The van der Waals surface area contributed by atoms with E-state index in [2.05, 4.69) is 15.0 Å². The fraction of sp³-hybridized carbons (Fsp3) is 0.417. The highest BCUT2D eigenvalue weighted by atomic mass is 16.5. The van der Waals surface area contributed by atoms with Crippen molar-refractivity contribution in [3.63, 3.8) is 0 Å². The molecule has 3 heterocycles. The summed E-state index contributed by atoms with van der Waals surface area (Å²) in [5, 5.41) is 17.1. The van der Waals surface area contributed by atoms with Crippen LogP contribution in [-0.4, -0.2) is 36.3 Å². The third-order valence-corrected chi connectivity index (χ3v) is 6.29. The van der Waals surface area contributed by atoms with Gasteiger partial charge in [0.1, 0.15) is 17.0 Å². The van der Waals surface area contributed by atoms with E-state index in [1.807, 2.05) is 32.3 Å². The smallest absolute Gasteiger partial charge is 0.169 e. The molecule has 1 aliphatic carbocycles. The lowest BCUT2D eigenvalue weighted by molar-refractivity contribution is 0.358. The van der Waals surface area contributed by atoms with Crippen LogP contribution < -0.4 is 5.32 Å². The highest BCUT2D eigenvalue weighted by Gasteiger charge is 2.23. The third-order valence-electron chi connectivity index (χ3n) is 6.29. The molecule has 1 fully saturated rings. The molecule has 8 heteroatoms. The largest absolute Gasteiger partial charge is 0.508 e. The molecule has 0 unspecified atom stereocenters. The van der Waals surface area contributed by atoms with Gasteiger partial charge in [-0.1, -0.05) is 36.6 Å². The number of nitrogens with zero attached hydrogens (tertiary/aromatic N) is 5. The average Bonchev–Trinajstić information content (AvgIpc) is 3.38. The monoisotopic (exact) mass is 432 g/mol. The van der Waals surface area contributed by atoms with Gasteiger partial charge < -0.3 is 19.5 Å². The van der Waals surface area contributed by atoms with E-state index in [9.17, 15) is 5.11 Å². The Balaban J connectivity index is 1.51. The third kappa shape index (κ3) is 3.92. The van der Waals surface area contributed by atoms with Gasteiger partial charge in [0.05, 0.1) is 17.6 Å². The first-order valence-electron chi connectivity index (χ1n) is 11.3. The number of imidazole rings is 1. The van der Waals surface area contributed by atoms with Crippen LogP contribution in [0.2, 0.25) is 0 Å². The number of benzene rings is 1. The molecule has 1 aliphatic rings. The zero-order chi connectivity index (χ0) is 22.1. The second-order valence-corrected chi connectivity index (χ2v) is 8.55. The fourth-order valence-corrected chi connectivity index (χ4v) is 4.57. The van der Waals surface area contributed by atoms with E-state index in [1.54, 1.807) is 12.1 Å². The fourth-order valence-electron chi connectivity index (χ4n) is 4.57. The van der Waals surface area contributed by atoms with Crippen LogP contribution in [0.5, 0.6) is 5.75 Å². The maximum Gasteiger partial charge on any atom is 0.169 e. The van der Waals surface area contributed by atoms with Crippen molar-refractivity contribution in [2.24, 2.45) is 0 Å². The Morgan fingerprint density at radius 3 is 2.59 bits per heavy atom. The first-order chi connectivity index (χ1) is 15.6. The number of hydrogen-bond acceptors (Lipinski definition) is 7. The van der Waals surface area contributed by atoms with Crippen LogP contribution in [-0.2, 0) is 6.42 Å². The minimum atomic E-state index is 0.275. The lowest BCUT2D eigenvalue weighted by atomic mass is 9.95. The second-order valence-electron chi connectivity index (χ2n) is 8.55. The molecule has 32 heavy (non-hydrogen) atoms. The molecule has 0 atom stereocenters. The number of aromatic hydroxyl groups is 1. The standard InChI is InChI=1S/C24H28N6O2/c1-15-20(16(2)32-29-15)22-27-23(25-13-12-17-8-10-19(31)11-9-17)21-24(28-22)30(14-26-21)18-6-4-3-5-7-18/h8-11,14,18,31H,3-7,12-13H2,1-2H3,(H,25,27,28). The SMILES string of the molecule is Cc1noc(C)c1-c1nc(NCCc2ccc(O)cc2)c2ncn(C3CCCCC3)c2n1. The summed E-state index contributed by atoms with van der Waals surface area (Å²) in [5.74, 6) is 2.31. The van der Waals surface area contributed by atoms with E-state index in [0.29, 0.717) is 24.2 Å². The first-order valence-corrected chi connectivity index (χ1v) is 11.3. The molecule has 3 aromatic heterocycles. The first kappa shape index (κ1) is 20.5. The molecule has 4 aromatic rings. The number of hydrogen-bond donors (Lipinski definition) is 2. The summed E-state index contributed by atoms with van der Waals surface area (Å²) < 4.78 is 7.61. The Hall–Kier alpha value is -3.42. The number of aryl methyl sites for hydroxylation is 2. The predicted octanol–water partition coefficient (Wildman–Crippen LogP) is 4.96. The topological polar surface area (TPSA) is 102 Å². The summed E-state index contributed by atoms with van der Waals surface area (Å²) >= 11 is 0. The molecule has 2 N–H and O–H groups in total. The Kier molecular flexibility index (Phi) is 5.51. The van der Waals surface area contributed by atoms with Gasteiger partial charge in [0.2, 0.25) is 0 Å². The Labute approximate surface area is 186 Å². The van der Waals surface area contributed by atoms with Gasteiger partial charge >= 0.3 is 0 Å². The summed E-state index contributed by atoms with van der Waals surface area (Å²) in [6.07, 6.45) is 8.80. The summed E-state index contributed by atoms with van der Waals surface area (Å²) in [6, 6.07) is 7.70. The van der Waals surface area contributed by atoms with Crippen molar-refractivity contribution in [1.29, 1.82) is 0 Å². The maximum absolute atomic E-state index is 9.50. The van der Waals surface area contributed by atoms with E-state index in [1.165, 1.54) is 19.3 Å². The van der Waals surface area contributed by atoms with Crippen molar-refractivity contribution in [1.82, 2.24) is 24.7 Å². The van der Waals surface area contributed by atoms with E-state index in [4.69, 9.17) is 19.5 Å². The van der Waals surface area contributed by atoms with Crippen molar-refractivity contribution >= 4 is 17.0 Å². The Morgan fingerprint density at radius 2 is 1.88 bits per heavy atom. The van der Waals surface area contributed by atoms with Gasteiger partial charge in [-0.3, -0.25) is 0 Å². The highest BCUT2D eigenvalue weighted by Crippen LogP contribution is 2.33. The molecule has 0 bridgehead atoms. The zero-order valence-corrected chi connectivity index (χ0v) is 18.5. The minimum absolute atomic E-state index is 0.275. The number of phenolic OH excluding ortho intramolecular Hbond substituents is 1. The summed E-state index contributed by atoms with van der Waals surface area (Å²) in [4.78, 5) is 14.5. The highest BCUT2D eigenvalue weighted by molar-refractivity contribution is 5.85. The maximum atomic E-state index is 9.50. The van der Waals surface area contributed by atoms with Crippen LogP contribution in [0.4, 0.5) is 5.82 Å². The number of phenols is 1. The van der Waals surface area contributed by atoms with Crippen molar-refractivity contribution in [3.05, 3.63) is 47.6 Å². The quantitative estimate of drug-likeness (QED) is 0.444. The zero-order valence-electron chi connectivity index (χ0n) is 18.5. The molecular formula is C24H28N6O2. The number of nitrogens with one attached hydrogen (secondary N) is 1. The minimum Gasteiger partial charge on any atom is -0.508 e. The second kappa shape index (κ2) is 8.61. The Morgan fingerprint density at radius 1 is 1.09 bits per heavy atom. The van der Waals surface area contributed by atoms with E-state index >= 15 is 0 Å². The lowest BCUT2D eigenvalue weighted by Crippen LogP contribution is -2.13. The molecule has 1 aromatic carbocycles. The van der Waals surface area contributed by atoms with E-state index in [-0.39, 0.29) is 5.75 Å². The van der Waals surface area contributed by atoms with Crippen molar-refractivity contribution in [3.8, 4) is 17.1 Å². The van der Waals surface area contributed by atoms with Crippen LogP contribution in [0.3, 0.4) is 0 Å². The summed E-state index contributed by atoms with van der Waals surface area (Å²) in [5.41, 5.74) is 4.40. The van der Waals surface area contributed by atoms with Crippen molar-refractivity contribution < 1.29 is 9.63 Å². The molecule has 0 aliphatic heterocycles. The molecule has 0 radical (unpaired) electrons. The van der Waals surface area contributed by atoms with Crippen LogP contribution >= 0.6 is 0 Å². The van der Waals surface area contributed by atoms with Gasteiger partial charge in [-0.05, 0) is 50.8 Å². The number of rotatable bonds is 6. The van der Waals surface area contributed by atoms with Crippen molar-refractivity contribution in [2.45, 2.75) is 58.4 Å². The lowest BCUT2D eigenvalue weighted by Gasteiger charge is -2.23. The molecule has 0 saturated heterocycles. The normalized spacial score (nSPS) is 14.8. The van der Waals surface area contributed by atoms with Crippen LogP contribution in [0, 0.1) is 13.8 Å². The molecular weight excluding hydrogens is 404 g/mol. The van der Waals surface area contributed by atoms with E-state index < -0.39 is 0 Å². The van der Waals surface area contributed by atoms with Gasteiger partial charge in [0.25, 0.3) is 0 Å².